The monoisotopic (exact) mass is 593 g/mol. The van der Waals surface area contributed by atoms with Crippen LogP contribution in [0.25, 0.3) is 0 Å². The molecule has 254 valence electrons. The zero-order valence-corrected chi connectivity index (χ0v) is 30.0. The molecule has 42 heavy (non-hydrogen) atoms. The van der Waals surface area contributed by atoms with Gasteiger partial charge in [-0.2, -0.15) is 0 Å². The van der Waals surface area contributed by atoms with E-state index < -0.39 is 0 Å². The van der Waals surface area contributed by atoms with Crippen molar-refractivity contribution in [1.82, 2.24) is 0 Å². The SMILES string of the molecule is CCCCCCCCCCCCCCCCCCCCCCCCOCCCCCCCCCCCCCCCCC. The van der Waals surface area contributed by atoms with Crippen molar-refractivity contribution in [3.8, 4) is 0 Å². The lowest BCUT2D eigenvalue weighted by Crippen LogP contribution is -1.97. The van der Waals surface area contributed by atoms with E-state index in [4.69, 9.17) is 4.74 Å². The highest BCUT2D eigenvalue weighted by molar-refractivity contribution is 4.52. The van der Waals surface area contributed by atoms with E-state index in [9.17, 15) is 0 Å². The molecule has 0 fully saturated rings. The summed E-state index contributed by atoms with van der Waals surface area (Å²) in [5.74, 6) is 0. The van der Waals surface area contributed by atoms with Gasteiger partial charge in [0.2, 0.25) is 0 Å². The minimum absolute atomic E-state index is 0.998. The molecule has 1 nitrogen and oxygen atoms in total. The molecule has 0 aliphatic heterocycles. The second kappa shape index (κ2) is 41.0. The lowest BCUT2D eigenvalue weighted by Gasteiger charge is -2.06. The Kier molecular flexibility index (Phi) is 40.9. The summed E-state index contributed by atoms with van der Waals surface area (Å²) in [6.45, 7) is 6.61. The van der Waals surface area contributed by atoms with Crippen LogP contribution in [0.3, 0.4) is 0 Å². The maximum atomic E-state index is 5.89. The summed E-state index contributed by atoms with van der Waals surface area (Å²) in [6.07, 6.45) is 53.5. The number of unbranched alkanes of at least 4 members (excludes halogenated alkanes) is 35. The van der Waals surface area contributed by atoms with Crippen LogP contribution in [0.15, 0.2) is 0 Å². The average Bonchev–Trinajstić information content (AvgIpc) is 3.00. The van der Waals surface area contributed by atoms with Crippen molar-refractivity contribution in [3.63, 3.8) is 0 Å². The van der Waals surface area contributed by atoms with Crippen molar-refractivity contribution in [3.05, 3.63) is 0 Å². The van der Waals surface area contributed by atoms with Crippen molar-refractivity contribution in [1.29, 1.82) is 0 Å². The summed E-state index contributed by atoms with van der Waals surface area (Å²) < 4.78 is 5.89. The Morgan fingerprint density at radius 2 is 0.333 bits per heavy atom. The molecular formula is C41H84O. The topological polar surface area (TPSA) is 9.23 Å². The molecule has 0 atom stereocenters. The standard InChI is InChI=1S/C41H84O/c1-3-5-7-9-11-13-15-17-19-20-21-22-23-24-25-27-29-31-33-35-37-39-41-42-40-38-36-34-32-30-28-26-18-16-14-12-10-8-6-4-2/h3-41H2,1-2H3. The zero-order chi connectivity index (χ0) is 30.3. The van der Waals surface area contributed by atoms with Crippen LogP contribution in [0.4, 0.5) is 0 Å². The molecule has 0 spiro atoms. The van der Waals surface area contributed by atoms with Gasteiger partial charge in [0.25, 0.3) is 0 Å². The number of rotatable bonds is 39. The Morgan fingerprint density at radius 3 is 0.500 bits per heavy atom. The first-order chi connectivity index (χ1) is 20.9. The molecule has 0 saturated heterocycles. The van der Waals surface area contributed by atoms with E-state index in [2.05, 4.69) is 13.8 Å². The van der Waals surface area contributed by atoms with Gasteiger partial charge in [-0.25, -0.2) is 0 Å². The molecule has 0 N–H and O–H groups in total. The van der Waals surface area contributed by atoms with E-state index in [1.54, 1.807) is 0 Å². The average molecular weight is 593 g/mol. The van der Waals surface area contributed by atoms with Gasteiger partial charge in [-0.15, -0.1) is 0 Å². The minimum Gasteiger partial charge on any atom is -0.381 e. The number of hydrogen-bond acceptors (Lipinski definition) is 1. The molecule has 0 aromatic rings. The molecule has 1 heteroatoms. The first-order valence-electron chi connectivity index (χ1n) is 20.5. The predicted molar refractivity (Wildman–Crippen MR) is 193 cm³/mol. The molecule has 0 aliphatic carbocycles. The lowest BCUT2D eigenvalue weighted by molar-refractivity contribution is 0.125. The van der Waals surface area contributed by atoms with Gasteiger partial charge in [-0.05, 0) is 12.8 Å². The lowest BCUT2D eigenvalue weighted by atomic mass is 10.0. The summed E-state index contributed by atoms with van der Waals surface area (Å²) in [5.41, 5.74) is 0. The van der Waals surface area contributed by atoms with Gasteiger partial charge >= 0.3 is 0 Å². The zero-order valence-electron chi connectivity index (χ0n) is 30.0. The molecule has 0 saturated carbocycles. The van der Waals surface area contributed by atoms with Crippen LogP contribution in [0, 0.1) is 0 Å². The van der Waals surface area contributed by atoms with E-state index in [1.165, 1.54) is 238 Å². The largest absolute Gasteiger partial charge is 0.381 e. The van der Waals surface area contributed by atoms with Gasteiger partial charge in [-0.1, -0.05) is 239 Å². The van der Waals surface area contributed by atoms with Gasteiger partial charge in [0, 0.05) is 13.2 Å². The maximum Gasteiger partial charge on any atom is 0.0466 e. The quantitative estimate of drug-likeness (QED) is 0.0645. The molecule has 0 unspecified atom stereocenters. The Morgan fingerprint density at radius 1 is 0.190 bits per heavy atom. The van der Waals surface area contributed by atoms with Gasteiger partial charge in [0.05, 0.1) is 0 Å². The summed E-state index contributed by atoms with van der Waals surface area (Å²) >= 11 is 0. The molecule has 0 aromatic heterocycles. The van der Waals surface area contributed by atoms with E-state index in [-0.39, 0.29) is 0 Å². The van der Waals surface area contributed by atoms with Crippen LogP contribution in [-0.2, 0) is 4.74 Å². The minimum atomic E-state index is 0.998. The molecule has 0 aliphatic rings. The van der Waals surface area contributed by atoms with Crippen LogP contribution in [0.2, 0.25) is 0 Å². The smallest absolute Gasteiger partial charge is 0.0466 e. The van der Waals surface area contributed by atoms with Gasteiger partial charge < -0.3 is 4.74 Å². The molecule has 0 rings (SSSR count). The molecule has 0 aromatic carbocycles. The molecule has 0 amide bonds. The van der Waals surface area contributed by atoms with E-state index >= 15 is 0 Å². The maximum absolute atomic E-state index is 5.89. The van der Waals surface area contributed by atoms with Crippen molar-refractivity contribution >= 4 is 0 Å². The Hall–Kier alpha value is -0.0400. The highest BCUT2D eigenvalue weighted by Crippen LogP contribution is 2.16. The summed E-state index contributed by atoms with van der Waals surface area (Å²) in [7, 11) is 0. The van der Waals surface area contributed by atoms with Crippen molar-refractivity contribution in [2.45, 2.75) is 251 Å². The molecule has 0 heterocycles. The molecule has 0 bridgehead atoms. The predicted octanol–water partition coefficient (Wildman–Crippen LogP) is 15.5. The van der Waals surface area contributed by atoms with Crippen LogP contribution in [0.5, 0.6) is 0 Å². The fourth-order valence-electron chi connectivity index (χ4n) is 6.49. The Labute approximate surface area is 268 Å². The van der Waals surface area contributed by atoms with Gasteiger partial charge in [0.1, 0.15) is 0 Å². The van der Waals surface area contributed by atoms with Crippen LogP contribution < -0.4 is 0 Å². The third-order valence-corrected chi connectivity index (χ3v) is 9.53. The summed E-state index contributed by atoms with van der Waals surface area (Å²) in [5, 5.41) is 0. The summed E-state index contributed by atoms with van der Waals surface area (Å²) in [6, 6.07) is 0. The van der Waals surface area contributed by atoms with Crippen LogP contribution in [-0.4, -0.2) is 13.2 Å². The van der Waals surface area contributed by atoms with Crippen LogP contribution in [0.1, 0.15) is 251 Å². The first-order valence-corrected chi connectivity index (χ1v) is 20.5. The third kappa shape index (κ3) is 40.0. The highest BCUT2D eigenvalue weighted by Gasteiger charge is 1.97. The fourth-order valence-corrected chi connectivity index (χ4v) is 6.49. The van der Waals surface area contributed by atoms with Crippen molar-refractivity contribution in [2.75, 3.05) is 13.2 Å². The van der Waals surface area contributed by atoms with Gasteiger partial charge in [0.15, 0.2) is 0 Å². The van der Waals surface area contributed by atoms with E-state index in [1.807, 2.05) is 0 Å². The second-order valence-corrected chi connectivity index (χ2v) is 14.0. The summed E-state index contributed by atoms with van der Waals surface area (Å²) in [4.78, 5) is 0. The highest BCUT2D eigenvalue weighted by atomic mass is 16.5. The van der Waals surface area contributed by atoms with E-state index in [0.717, 1.165) is 13.2 Å². The van der Waals surface area contributed by atoms with Gasteiger partial charge in [-0.3, -0.25) is 0 Å². The van der Waals surface area contributed by atoms with E-state index in [0.29, 0.717) is 0 Å². The van der Waals surface area contributed by atoms with Crippen molar-refractivity contribution in [2.24, 2.45) is 0 Å². The number of hydrogen-bond donors (Lipinski definition) is 0. The molecule has 0 radical (unpaired) electrons. The number of ether oxygens (including phenoxy) is 1. The normalized spacial score (nSPS) is 11.6. The first kappa shape index (κ1) is 42.0. The third-order valence-electron chi connectivity index (χ3n) is 9.53. The second-order valence-electron chi connectivity index (χ2n) is 14.0. The molecular weight excluding hydrogens is 508 g/mol. The van der Waals surface area contributed by atoms with Crippen LogP contribution >= 0.6 is 0 Å². The van der Waals surface area contributed by atoms with Crippen molar-refractivity contribution < 1.29 is 4.74 Å². The Balaban J connectivity index is 3.02. The fraction of sp³-hybridized carbons (Fsp3) is 1.00. The Bertz CT molecular complexity index is 393.